The van der Waals surface area contributed by atoms with Crippen molar-refractivity contribution in [3.8, 4) is 0 Å². The minimum absolute atomic E-state index is 0.0326. The number of ether oxygens (including phenoxy) is 1. The van der Waals surface area contributed by atoms with Gasteiger partial charge in [-0.1, -0.05) is 25.5 Å². The van der Waals surface area contributed by atoms with Crippen LogP contribution in [0.5, 0.6) is 0 Å². The van der Waals surface area contributed by atoms with Gasteiger partial charge in [0.25, 0.3) is 0 Å². The molecule has 8 nitrogen and oxygen atoms in total. The number of fused-ring (bicyclic) bond motifs is 5. The van der Waals surface area contributed by atoms with Gasteiger partial charge in [-0.2, -0.15) is 0 Å². The van der Waals surface area contributed by atoms with E-state index in [1.54, 1.807) is 26.8 Å². The van der Waals surface area contributed by atoms with Crippen molar-refractivity contribution in [1.29, 1.82) is 0 Å². The van der Waals surface area contributed by atoms with Crippen LogP contribution in [0.15, 0.2) is 23.8 Å². The minimum atomic E-state index is -2.05. The van der Waals surface area contributed by atoms with Gasteiger partial charge in [-0.25, -0.2) is 9.18 Å². The van der Waals surface area contributed by atoms with Crippen molar-refractivity contribution < 1.29 is 38.8 Å². The van der Waals surface area contributed by atoms with Crippen LogP contribution in [-0.2, 0) is 14.3 Å². The average Bonchev–Trinajstić information content (AvgIpc) is 2.99. The van der Waals surface area contributed by atoms with E-state index in [0.717, 1.165) is 0 Å². The molecule has 8 atom stereocenters. The monoisotopic (exact) mass is 479 g/mol. The first-order valence-corrected chi connectivity index (χ1v) is 11.9. The Morgan fingerprint density at radius 1 is 1.29 bits per heavy atom. The fraction of sp³-hybridized carbons (Fsp3) is 0.720. The lowest BCUT2D eigenvalue weighted by Gasteiger charge is -2.62. The highest BCUT2D eigenvalue weighted by Crippen LogP contribution is 2.70. The number of aliphatic hydroxyl groups excluding tert-OH is 2. The Balaban J connectivity index is 1.65. The van der Waals surface area contributed by atoms with E-state index in [0.29, 0.717) is 24.8 Å². The first kappa shape index (κ1) is 25.0. The maximum Gasteiger partial charge on any atom is 0.407 e. The van der Waals surface area contributed by atoms with E-state index in [1.807, 2.05) is 0 Å². The van der Waals surface area contributed by atoms with Crippen molar-refractivity contribution in [1.82, 2.24) is 5.32 Å². The Bertz CT molecular complexity index is 965. The van der Waals surface area contributed by atoms with Gasteiger partial charge in [0.05, 0.1) is 12.7 Å². The molecule has 0 spiro atoms. The zero-order valence-electron chi connectivity index (χ0n) is 19.8. The third-order valence-corrected chi connectivity index (χ3v) is 9.36. The third kappa shape index (κ3) is 3.16. The maximum absolute atomic E-state index is 17.1. The number of hydrogen-bond donors (Lipinski definition) is 4. The van der Waals surface area contributed by atoms with Gasteiger partial charge in [-0.15, -0.1) is 0 Å². The van der Waals surface area contributed by atoms with Crippen molar-refractivity contribution in [3.63, 3.8) is 0 Å². The Labute approximate surface area is 198 Å². The number of carbonyl (C=O) groups is 3. The normalized spacial score (nSPS) is 45.0. The summed E-state index contributed by atoms with van der Waals surface area (Å²) in [7, 11) is 0. The van der Waals surface area contributed by atoms with E-state index in [2.05, 4.69) is 5.32 Å². The van der Waals surface area contributed by atoms with E-state index in [1.165, 1.54) is 12.2 Å². The number of alkyl carbamates (subject to hydrolysis) is 1. The lowest BCUT2D eigenvalue weighted by atomic mass is 9.44. The summed E-state index contributed by atoms with van der Waals surface area (Å²) in [6.07, 6.45) is 3.17. The van der Waals surface area contributed by atoms with Gasteiger partial charge in [0, 0.05) is 23.3 Å². The number of ketones is 2. The minimum Gasteiger partial charge on any atom is -0.441 e. The number of Topliss-reactive ketones (excluding diaryl/α,β-unsaturated/α-hetero) is 1. The van der Waals surface area contributed by atoms with Gasteiger partial charge < -0.3 is 25.4 Å². The van der Waals surface area contributed by atoms with E-state index in [9.17, 15) is 24.6 Å². The second-order valence-electron chi connectivity index (χ2n) is 10.8. The number of allylic oxidation sites excluding steroid dienone is 4. The fourth-order valence-electron chi connectivity index (χ4n) is 7.59. The summed E-state index contributed by atoms with van der Waals surface area (Å²) in [5.41, 5.74) is -5.56. The van der Waals surface area contributed by atoms with Crippen LogP contribution in [0.25, 0.3) is 0 Å². The Morgan fingerprint density at radius 2 is 2.00 bits per heavy atom. The highest BCUT2D eigenvalue weighted by molar-refractivity contribution is 6.01. The lowest BCUT2D eigenvalue weighted by Crippen LogP contribution is -2.69. The molecule has 0 bridgehead atoms. The summed E-state index contributed by atoms with van der Waals surface area (Å²) >= 11 is 0. The summed E-state index contributed by atoms with van der Waals surface area (Å²) in [4.78, 5) is 36.9. The predicted octanol–water partition coefficient (Wildman–Crippen LogP) is 1.62. The Kier molecular flexibility index (Phi) is 6.06. The van der Waals surface area contributed by atoms with Crippen LogP contribution in [0.2, 0.25) is 0 Å². The number of nitrogens with one attached hydrogen (secondary N) is 1. The zero-order valence-corrected chi connectivity index (χ0v) is 19.8. The van der Waals surface area contributed by atoms with Gasteiger partial charge in [0.1, 0.15) is 5.60 Å². The van der Waals surface area contributed by atoms with Crippen LogP contribution in [0.3, 0.4) is 0 Å². The molecule has 4 N–H and O–H groups in total. The van der Waals surface area contributed by atoms with Crippen molar-refractivity contribution in [2.45, 2.75) is 63.8 Å². The molecule has 0 aliphatic heterocycles. The summed E-state index contributed by atoms with van der Waals surface area (Å²) < 4.78 is 22.1. The molecule has 3 saturated carbocycles. The van der Waals surface area contributed by atoms with Crippen molar-refractivity contribution in [3.05, 3.63) is 23.8 Å². The first-order valence-electron chi connectivity index (χ1n) is 11.9. The maximum atomic E-state index is 17.1. The molecule has 0 aromatic heterocycles. The topological polar surface area (TPSA) is 133 Å². The molecule has 34 heavy (non-hydrogen) atoms. The molecule has 4 aliphatic rings. The third-order valence-electron chi connectivity index (χ3n) is 9.36. The average molecular weight is 480 g/mol. The second kappa shape index (κ2) is 8.24. The van der Waals surface area contributed by atoms with E-state index in [4.69, 9.17) is 9.84 Å². The Hall–Kier alpha value is -2.10. The van der Waals surface area contributed by atoms with Crippen molar-refractivity contribution in [2.24, 2.45) is 28.6 Å². The van der Waals surface area contributed by atoms with Gasteiger partial charge >= 0.3 is 6.09 Å². The standard InChI is InChI=1S/C25H34FNO7/c1-14-10-18-17-5-4-15-11-16(29)6-7-22(15,2)24(17,26)19(30)12-23(18,3)25(14,33)20(31)13-34-21(32)27-8-9-28/h6-7,11,14,17-19,28,30,33H,4-5,8-10,12-13H2,1-3H3,(H,27,32). The number of aliphatic hydroxyl groups is 3. The first-order chi connectivity index (χ1) is 15.9. The molecule has 4 rings (SSSR count). The number of rotatable bonds is 5. The number of carbonyl (C=O) groups excluding carboxylic acids is 3. The number of amides is 1. The van der Waals surface area contributed by atoms with Crippen LogP contribution >= 0.6 is 0 Å². The fourth-order valence-corrected chi connectivity index (χ4v) is 7.59. The summed E-state index contributed by atoms with van der Waals surface area (Å²) in [6, 6.07) is 0. The van der Waals surface area contributed by atoms with Crippen LogP contribution in [-0.4, -0.2) is 70.1 Å². The molecule has 0 saturated heterocycles. The highest BCUT2D eigenvalue weighted by atomic mass is 19.1. The van der Waals surface area contributed by atoms with Gasteiger partial charge in [-0.05, 0) is 56.6 Å². The zero-order chi connectivity index (χ0) is 25.1. The number of halogens is 1. The van der Waals surface area contributed by atoms with Crippen LogP contribution < -0.4 is 5.32 Å². The molecule has 8 unspecified atom stereocenters. The van der Waals surface area contributed by atoms with Gasteiger partial charge in [-0.3, -0.25) is 9.59 Å². The molecule has 3 fully saturated rings. The smallest absolute Gasteiger partial charge is 0.407 e. The predicted molar refractivity (Wildman–Crippen MR) is 119 cm³/mol. The lowest BCUT2D eigenvalue weighted by molar-refractivity contribution is -0.219. The molecule has 0 aromatic carbocycles. The summed E-state index contributed by atoms with van der Waals surface area (Å²) in [5, 5.41) is 34.2. The molecular formula is C25H34FNO7. The molecule has 188 valence electrons. The van der Waals surface area contributed by atoms with Crippen LogP contribution in [0.4, 0.5) is 9.18 Å². The van der Waals surface area contributed by atoms with E-state index < -0.39 is 64.4 Å². The summed E-state index contributed by atoms with van der Waals surface area (Å²) in [6.45, 7) is 4.18. The number of alkyl halides is 1. The largest absolute Gasteiger partial charge is 0.441 e. The van der Waals surface area contributed by atoms with Gasteiger partial charge in [0.15, 0.2) is 18.1 Å². The van der Waals surface area contributed by atoms with Gasteiger partial charge in [0.2, 0.25) is 5.78 Å². The van der Waals surface area contributed by atoms with E-state index in [-0.39, 0.29) is 25.4 Å². The second-order valence-corrected chi connectivity index (χ2v) is 10.8. The van der Waals surface area contributed by atoms with Crippen LogP contribution in [0.1, 0.15) is 46.5 Å². The SMILES string of the molecule is CC1CC2C3CCC4=CC(=O)C=CC4(C)C3(F)C(O)CC2(C)C1(O)C(=O)COC(=O)NCCO. The molecule has 4 aliphatic carbocycles. The molecule has 0 heterocycles. The molecule has 1 amide bonds. The molecule has 0 radical (unpaired) electrons. The van der Waals surface area contributed by atoms with Crippen molar-refractivity contribution in [2.75, 3.05) is 19.8 Å². The van der Waals surface area contributed by atoms with Crippen molar-refractivity contribution >= 4 is 17.7 Å². The molecular weight excluding hydrogens is 445 g/mol. The molecule has 9 heteroatoms. The highest BCUT2D eigenvalue weighted by Gasteiger charge is 2.75. The summed E-state index contributed by atoms with van der Waals surface area (Å²) in [5.74, 6) is -2.44. The van der Waals surface area contributed by atoms with E-state index >= 15 is 4.39 Å². The molecule has 0 aromatic rings. The Morgan fingerprint density at radius 3 is 2.68 bits per heavy atom. The van der Waals surface area contributed by atoms with Crippen LogP contribution in [0, 0.1) is 28.6 Å². The quantitative estimate of drug-likeness (QED) is 0.471. The number of hydrogen-bond acceptors (Lipinski definition) is 7.